The normalized spacial score (nSPS) is 23.5. The van der Waals surface area contributed by atoms with Gasteiger partial charge in [-0.2, -0.15) is 0 Å². The SMILES string of the molecule is NC(=O)c1cc(Cl)ccc1OCC(=O)N1CCCC2CCCCC21. The Hall–Kier alpha value is -1.75. The Kier molecular flexibility index (Phi) is 5.29. The van der Waals surface area contributed by atoms with Crippen LogP contribution in [0.5, 0.6) is 5.75 Å². The first-order chi connectivity index (χ1) is 11.6. The van der Waals surface area contributed by atoms with Gasteiger partial charge in [-0.3, -0.25) is 9.59 Å². The van der Waals surface area contributed by atoms with E-state index in [-0.39, 0.29) is 18.1 Å². The molecule has 5 nitrogen and oxygen atoms in total. The van der Waals surface area contributed by atoms with E-state index in [4.69, 9.17) is 22.1 Å². The van der Waals surface area contributed by atoms with E-state index in [0.29, 0.717) is 22.7 Å². The predicted molar refractivity (Wildman–Crippen MR) is 92.2 cm³/mol. The molecule has 0 bridgehead atoms. The second-order valence-corrected chi connectivity index (χ2v) is 7.07. The smallest absolute Gasteiger partial charge is 0.260 e. The lowest BCUT2D eigenvalue weighted by Crippen LogP contribution is -2.51. The lowest BCUT2D eigenvalue weighted by Gasteiger charge is -2.44. The molecule has 2 fully saturated rings. The van der Waals surface area contributed by atoms with E-state index in [9.17, 15) is 9.59 Å². The van der Waals surface area contributed by atoms with Crippen LogP contribution in [0, 0.1) is 5.92 Å². The van der Waals surface area contributed by atoms with Crippen molar-refractivity contribution in [2.24, 2.45) is 11.7 Å². The summed E-state index contributed by atoms with van der Waals surface area (Å²) in [4.78, 5) is 26.1. The molecule has 1 aromatic carbocycles. The number of benzene rings is 1. The van der Waals surface area contributed by atoms with E-state index in [1.54, 1.807) is 12.1 Å². The Labute approximate surface area is 147 Å². The maximum Gasteiger partial charge on any atom is 0.260 e. The van der Waals surface area contributed by atoms with Crippen molar-refractivity contribution >= 4 is 23.4 Å². The van der Waals surface area contributed by atoms with Gasteiger partial charge >= 0.3 is 0 Å². The van der Waals surface area contributed by atoms with Gasteiger partial charge in [0.05, 0.1) is 5.56 Å². The molecule has 1 aromatic rings. The standard InChI is InChI=1S/C18H23ClN2O3/c19-13-7-8-16(14(10-13)18(20)23)24-11-17(22)21-9-3-5-12-4-1-2-6-15(12)21/h7-8,10,12,15H,1-6,9,11H2,(H2,20,23). The zero-order valence-electron chi connectivity index (χ0n) is 13.7. The van der Waals surface area contributed by atoms with Crippen molar-refractivity contribution in [1.29, 1.82) is 0 Å². The summed E-state index contributed by atoms with van der Waals surface area (Å²) in [6, 6.07) is 5.01. The van der Waals surface area contributed by atoms with Crippen LogP contribution in [0.3, 0.4) is 0 Å². The van der Waals surface area contributed by atoms with Gasteiger partial charge in [-0.25, -0.2) is 0 Å². The number of likely N-dealkylation sites (tertiary alicyclic amines) is 1. The van der Waals surface area contributed by atoms with E-state index < -0.39 is 5.91 Å². The van der Waals surface area contributed by atoms with Crippen molar-refractivity contribution in [2.45, 2.75) is 44.6 Å². The number of hydrogen-bond donors (Lipinski definition) is 1. The Morgan fingerprint density at radius 2 is 1.96 bits per heavy atom. The van der Waals surface area contributed by atoms with E-state index in [2.05, 4.69) is 0 Å². The molecule has 1 saturated carbocycles. The van der Waals surface area contributed by atoms with Crippen molar-refractivity contribution in [3.63, 3.8) is 0 Å². The lowest BCUT2D eigenvalue weighted by atomic mass is 9.78. The summed E-state index contributed by atoms with van der Waals surface area (Å²) in [6.07, 6.45) is 7.04. The molecule has 0 radical (unpaired) electrons. The highest BCUT2D eigenvalue weighted by molar-refractivity contribution is 6.31. The highest BCUT2D eigenvalue weighted by atomic mass is 35.5. The molecule has 6 heteroatoms. The number of fused-ring (bicyclic) bond motifs is 1. The van der Waals surface area contributed by atoms with Crippen LogP contribution in [0.4, 0.5) is 0 Å². The van der Waals surface area contributed by atoms with Gasteiger partial charge in [0, 0.05) is 17.6 Å². The van der Waals surface area contributed by atoms with Crippen LogP contribution < -0.4 is 10.5 Å². The Morgan fingerprint density at radius 3 is 2.75 bits per heavy atom. The first-order valence-corrected chi connectivity index (χ1v) is 8.95. The van der Waals surface area contributed by atoms with Gasteiger partial charge in [0.1, 0.15) is 5.75 Å². The van der Waals surface area contributed by atoms with Gasteiger partial charge in [-0.1, -0.05) is 24.4 Å². The number of carbonyl (C=O) groups is 2. The lowest BCUT2D eigenvalue weighted by molar-refractivity contribution is -0.139. The highest BCUT2D eigenvalue weighted by Crippen LogP contribution is 2.35. The molecule has 2 atom stereocenters. The largest absolute Gasteiger partial charge is 0.483 e. The molecule has 3 rings (SSSR count). The summed E-state index contributed by atoms with van der Waals surface area (Å²) in [7, 11) is 0. The number of nitrogens with zero attached hydrogens (tertiary/aromatic N) is 1. The predicted octanol–water partition coefficient (Wildman–Crippen LogP) is 3.00. The van der Waals surface area contributed by atoms with Gasteiger partial charge in [0.25, 0.3) is 11.8 Å². The molecule has 2 unspecified atom stereocenters. The number of ether oxygens (including phenoxy) is 1. The summed E-state index contributed by atoms with van der Waals surface area (Å²) in [5.41, 5.74) is 5.55. The Balaban J connectivity index is 1.66. The summed E-state index contributed by atoms with van der Waals surface area (Å²) in [5.74, 6) is 0.299. The first kappa shape index (κ1) is 17.1. The van der Waals surface area contributed by atoms with Crippen molar-refractivity contribution in [1.82, 2.24) is 4.90 Å². The van der Waals surface area contributed by atoms with Crippen molar-refractivity contribution in [2.75, 3.05) is 13.2 Å². The van der Waals surface area contributed by atoms with Gasteiger partial charge in [-0.05, 0) is 49.8 Å². The zero-order valence-corrected chi connectivity index (χ0v) is 14.4. The van der Waals surface area contributed by atoms with E-state index in [1.165, 1.54) is 31.7 Å². The Morgan fingerprint density at radius 1 is 1.21 bits per heavy atom. The van der Waals surface area contributed by atoms with Gasteiger partial charge in [-0.15, -0.1) is 0 Å². The number of rotatable bonds is 4. The molecule has 1 saturated heterocycles. The molecule has 24 heavy (non-hydrogen) atoms. The molecule has 2 N–H and O–H groups in total. The molecule has 2 amide bonds. The minimum absolute atomic E-state index is 0.0167. The second kappa shape index (κ2) is 7.43. The maximum atomic E-state index is 12.6. The maximum absolute atomic E-state index is 12.6. The molecule has 1 heterocycles. The summed E-state index contributed by atoms with van der Waals surface area (Å²) >= 11 is 5.88. The molecule has 2 aliphatic rings. The quantitative estimate of drug-likeness (QED) is 0.907. The Bertz CT molecular complexity index is 633. The molecule has 1 aliphatic heterocycles. The topological polar surface area (TPSA) is 72.6 Å². The minimum Gasteiger partial charge on any atom is -0.483 e. The van der Waals surface area contributed by atoms with Crippen LogP contribution in [0.2, 0.25) is 5.02 Å². The van der Waals surface area contributed by atoms with Crippen LogP contribution in [0.15, 0.2) is 18.2 Å². The van der Waals surface area contributed by atoms with Gasteiger partial charge < -0.3 is 15.4 Å². The molecule has 130 valence electrons. The van der Waals surface area contributed by atoms with Crippen LogP contribution >= 0.6 is 11.6 Å². The number of hydrogen-bond acceptors (Lipinski definition) is 3. The fourth-order valence-electron chi connectivity index (χ4n) is 3.98. The number of amides is 2. The molecule has 1 aliphatic carbocycles. The minimum atomic E-state index is -0.620. The van der Waals surface area contributed by atoms with Crippen LogP contribution in [-0.4, -0.2) is 35.9 Å². The highest BCUT2D eigenvalue weighted by Gasteiger charge is 2.35. The van der Waals surface area contributed by atoms with Crippen molar-refractivity contribution in [3.8, 4) is 5.75 Å². The summed E-state index contributed by atoms with van der Waals surface area (Å²) in [5, 5.41) is 0.406. The van der Waals surface area contributed by atoms with E-state index in [1.807, 2.05) is 4.90 Å². The van der Waals surface area contributed by atoms with E-state index in [0.717, 1.165) is 19.4 Å². The van der Waals surface area contributed by atoms with E-state index >= 15 is 0 Å². The van der Waals surface area contributed by atoms with Crippen LogP contribution in [0.25, 0.3) is 0 Å². The first-order valence-electron chi connectivity index (χ1n) is 8.58. The van der Waals surface area contributed by atoms with Crippen LogP contribution in [-0.2, 0) is 4.79 Å². The third kappa shape index (κ3) is 3.66. The summed E-state index contributed by atoms with van der Waals surface area (Å²) < 4.78 is 5.60. The molecular formula is C18H23ClN2O3. The second-order valence-electron chi connectivity index (χ2n) is 6.63. The average Bonchev–Trinajstić information content (AvgIpc) is 2.59. The monoisotopic (exact) mass is 350 g/mol. The number of halogens is 1. The molecular weight excluding hydrogens is 328 g/mol. The van der Waals surface area contributed by atoms with Crippen molar-refractivity contribution < 1.29 is 14.3 Å². The number of carbonyl (C=O) groups excluding carboxylic acids is 2. The number of nitrogens with two attached hydrogens (primary N) is 1. The molecule has 0 aromatic heterocycles. The third-order valence-electron chi connectivity index (χ3n) is 5.12. The number of primary amides is 1. The zero-order chi connectivity index (χ0) is 17.1. The van der Waals surface area contributed by atoms with Crippen molar-refractivity contribution in [3.05, 3.63) is 28.8 Å². The third-order valence-corrected chi connectivity index (χ3v) is 5.36. The summed E-state index contributed by atoms with van der Waals surface area (Å²) in [6.45, 7) is 0.720. The number of piperidine rings is 1. The fourth-order valence-corrected chi connectivity index (χ4v) is 4.15. The fraction of sp³-hybridized carbons (Fsp3) is 0.556. The average molecular weight is 351 g/mol. The van der Waals surface area contributed by atoms with Crippen LogP contribution in [0.1, 0.15) is 48.9 Å². The van der Waals surface area contributed by atoms with Gasteiger partial charge in [0.15, 0.2) is 6.61 Å². The van der Waals surface area contributed by atoms with Gasteiger partial charge in [0.2, 0.25) is 0 Å². The molecule has 0 spiro atoms.